The summed E-state index contributed by atoms with van der Waals surface area (Å²) in [5.74, 6) is 1.12. The fourth-order valence-electron chi connectivity index (χ4n) is 10.8. The highest BCUT2D eigenvalue weighted by molar-refractivity contribution is 7.50. The number of aromatic nitrogens is 4. The molecule has 0 amide bonds. The second-order valence-corrected chi connectivity index (χ2v) is 21.4. The van der Waals surface area contributed by atoms with E-state index >= 15 is 0 Å². The summed E-state index contributed by atoms with van der Waals surface area (Å²) in [6.07, 6.45) is 3.67. The van der Waals surface area contributed by atoms with Crippen LogP contribution >= 0.6 is 16.9 Å². The number of carbonyl (C=O) groups excluding carboxylic acids is 2. The van der Waals surface area contributed by atoms with Crippen LogP contribution in [0.15, 0.2) is 84.9 Å². The molecule has 11 rings (SSSR count). The van der Waals surface area contributed by atoms with Gasteiger partial charge in [0.2, 0.25) is 12.6 Å². The molecule has 4 atom stereocenters. The summed E-state index contributed by atoms with van der Waals surface area (Å²) < 4.78 is 66.4. The van der Waals surface area contributed by atoms with Crippen LogP contribution in [0.25, 0.3) is 0 Å². The lowest BCUT2D eigenvalue weighted by Crippen LogP contribution is -2.34. The van der Waals surface area contributed by atoms with Gasteiger partial charge in [-0.2, -0.15) is 0 Å². The molecule has 9 heterocycles. The molecule has 6 aromatic rings. The molecule has 4 aromatic heterocycles. The van der Waals surface area contributed by atoms with E-state index in [1.807, 2.05) is 84.9 Å². The van der Waals surface area contributed by atoms with Crippen molar-refractivity contribution in [3.63, 3.8) is 0 Å². The molecule has 2 saturated heterocycles. The van der Waals surface area contributed by atoms with E-state index in [4.69, 9.17) is 42.2 Å². The van der Waals surface area contributed by atoms with Gasteiger partial charge in [-0.15, -0.1) is 0 Å². The Hall–Kier alpha value is -5.40. The van der Waals surface area contributed by atoms with Crippen LogP contribution < -0.4 is 13.8 Å². The molecule has 2 aromatic carbocycles. The molecule has 2 fully saturated rings. The van der Waals surface area contributed by atoms with E-state index in [9.17, 15) is 9.59 Å². The molecule has 70 heavy (non-hydrogen) atoms. The highest BCUT2D eigenvalue weighted by atomic mass is 31.2. The monoisotopic (exact) mass is 990 g/mol. The van der Waals surface area contributed by atoms with Crippen LogP contribution in [0.2, 0.25) is 0 Å². The molecule has 0 radical (unpaired) electrons. The second-order valence-electron chi connectivity index (χ2n) is 18.5. The number of fused-ring (bicyclic) bond motifs is 6. The van der Waals surface area contributed by atoms with Crippen molar-refractivity contribution >= 4 is 28.8 Å². The molecule has 0 aliphatic carbocycles. The number of carbonyl (C=O) groups is 2. The van der Waals surface area contributed by atoms with Crippen molar-refractivity contribution in [1.82, 2.24) is 17.4 Å². The fourth-order valence-corrected chi connectivity index (χ4v) is 15.3. The minimum atomic E-state index is -1.88. The maximum Gasteiger partial charge on any atom is 0.355 e. The molecule has 15 nitrogen and oxygen atoms in total. The Balaban J connectivity index is 1.08. The number of hydrogen-bond donors (Lipinski definition) is 0. The molecule has 0 spiro atoms. The SMILES string of the molecule is CCCCC1(CCCC)c2cccc(OP3n4c(C(=O)OCC)ccc4C(C)c4ccc(C5OC(C)O5)n43)c2Oc2c(OP3n4c(C(=O)OCC)ccc4C(C)c4ccc(C5OC(C)O5)n43)cccc21. The van der Waals surface area contributed by atoms with E-state index < -0.39 is 46.8 Å². The van der Waals surface area contributed by atoms with Gasteiger partial charge in [-0.25, -0.2) is 9.59 Å². The normalized spacial score (nSPS) is 24.3. The van der Waals surface area contributed by atoms with E-state index in [1.54, 1.807) is 0 Å². The summed E-state index contributed by atoms with van der Waals surface area (Å²) in [4.78, 5) is 27.6. The summed E-state index contributed by atoms with van der Waals surface area (Å²) in [7, 11) is -3.75. The van der Waals surface area contributed by atoms with Gasteiger partial charge in [0.05, 0.1) is 24.6 Å². The summed E-state index contributed by atoms with van der Waals surface area (Å²) in [6.45, 7) is 16.5. The molecular formula is C53H60N4O11P2. The Morgan fingerprint density at radius 2 is 0.914 bits per heavy atom. The predicted octanol–water partition coefficient (Wildman–Crippen LogP) is 13.1. The molecule has 368 valence electrons. The van der Waals surface area contributed by atoms with Gasteiger partial charge in [0.25, 0.3) is 0 Å². The lowest BCUT2D eigenvalue weighted by Gasteiger charge is -2.43. The summed E-state index contributed by atoms with van der Waals surface area (Å²) in [5, 5.41) is 0. The third-order valence-corrected chi connectivity index (χ3v) is 18.1. The van der Waals surface area contributed by atoms with Crippen molar-refractivity contribution in [3.05, 3.63) is 142 Å². The lowest BCUT2D eigenvalue weighted by atomic mass is 9.66. The van der Waals surface area contributed by atoms with Crippen molar-refractivity contribution in [2.75, 3.05) is 13.2 Å². The smallest absolute Gasteiger partial charge is 0.355 e. The van der Waals surface area contributed by atoms with Crippen LogP contribution in [0.4, 0.5) is 0 Å². The standard InChI is InChI=1S/C53H60N4O11P2/c1-9-13-29-53(30-14-10-2)35-17-15-19-45(67-69-54-37(21-25-41(54)49(58)60-11-3)31(5)39-23-27-43(56(39)69)51-62-33(7)63-51)47(35)66-48-36(53)18-16-20-46(48)68-70-55-38(22-26-42(55)50(59)61-12-4)32(6)40-24-28-44(57(40)70)52-64-34(8)65-52/h15-28,31-34,51-52H,9-14,29-30H2,1-8H3. The first kappa shape index (κ1) is 47.0. The van der Waals surface area contributed by atoms with E-state index in [2.05, 4.69) is 72.8 Å². The van der Waals surface area contributed by atoms with Crippen LogP contribution in [-0.4, -0.2) is 55.1 Å². The molecule has 4 unspecified atom stereocenters. The van der Waals surface area contributed by atoms with Gasteiger partial charge in [0.1, 0.15) is 11.4 Å². The molecule has 0 bridgehead atoms. The van der Waals surface area contributed by atoms with Crippen LogP contribution in [-0.2, 0) is 33.8 Å². The third kappa shape index (κ3) is 7.45. The summed E-state index contributed by atoms with van der Waals surface area (Å²) in [6, 6.07) is 28.2. The Bertz CT molecular complexity index is 2760. The molecule has 0 saturated carbocycles. The van der Waals surface area contributed by atoms with Gasteiger partial charge in [-0.05, 0) is 101 Å². The fraction of sp³-hybridized carbons (Fsp3) is 0.434. The maximum atomic E-state index is 13.8. The third-order valence-electron chi connectivity index (χ3n) is 14.2. The van der Waals surface area contributed by atoms with Gasteiger partial charge >= 0.3 is 28.8 Å². The van der Waals surface area contributed by atoms with Crippen LogP contribution in [0.1, 0.15) is 185 Å². The topological polar surface area (TPSA) is 137 Å². The molecule has 5 aliphatic heterocycles. The minimum absolute atomic E-state index is 0.0953. The molecular weight excluding hydrogens is 931 g/mol. The summed E-state index contributed by atoms with van der Waals surface area (Å²) >= 11 is 0. The van der Waals surface area contributed by atoms with Gasteiger partial charge in [-0.1, -0.05) is 77.6 Å². The van der Waals surface area contributed by atoms with Crippen molar-refractivity contribution in [2.24, 2.45) is 0 Å². The highest BCUT2D eigenvalue weighted by Gasteiger charge is 2.48. The zero-order chi connectivity index (χ0) is 48.6. The number of rotatable bonds is 16. The number of para-hydroxylation sites is 2. The van der Waals surface area contributed by atoms with E-state index in [0.29, 0.717) is 34.4 Å². The maximum absolute atomic E-state index is 13.8. The van der Waals surface area contributed by atoms with Crippen LogP contribution in [0, 0.1) is 0 Å². The van der Waals surface area contributed by atoms with E-state index in [-0.39, 0.29) is 37.6 Å². The quantitative estimate of drug-likeness (QED) is 0.0677. The number of esters is 2. The van der Waals surface area contributed by atoms with E-state index in [0.717, 1.165) is 83.8 Å². The van der Waals surface area contributed by atoms with Crippen LogP contribution in [0.3, 0.4) is 0 Å². The van der Waals surface area contributed by atoms with Gasteiger partial charge in [0, 0.05) is 51.2 Å². The van der Waals surface area contributed by atoms with Gasteiger partial charge in [0.15, 0.2) is 35.6 Å². The van der Waals surface area contributed by atoms with E-state index in [1.165, 1.54) is 0 Å². The van der Waals surface area contributed by atoms with Crippen molar-refractivity contribution in [3.8, 4) is 23.0 Å². The van der Waals surface area contributed by atoms with Crippen molar-refractivity contribution in [1.29, 1.82) is 0 Å². The Labute approximate surface area is 410 Å². The van der Waals surface area contributed by atoms with Crippen molar-refractivity contribution in [2.45, 2.75) is 136 Å². The average molecular weight is 991 g/mol. The molecule has 5 aliphatic rings. The Morgan fingerprint density at radius 3 is 1.30 bits per heavy atom. The minimum Gasteiger partial charge on any atom is -0.461 e. The molecule has 0 N–H and O–H groups in total. The number of benzene rings is 2. The zero-order valence-electron chi connectivity index (χ0n) is 40.9. The second kappa shape index (κ2) is 18.7. The Morgan fingerprint density at radius 1 is 0.529 bits per heavy atom. The van der Waals surface area contributed by atoms with Gasteiger partial charge in [-0.3, -0.25) is 17.4 Å². The number of hydrogen-bond acceptors (Lipinski definition) is 11. The van der Waals surface area contributed by atoms with Gasteiger partial charge < -0.3 is 42.2 Å². The highest BCUT2D eigenvalue weighted by Crippen LogP contribution is 2.63. The summed E-state index contributed by atoms with van der Waals surface area (Å²) in [5.41, 5.74) is 7.78. The Kier molecular flexibility index (Phi) is 12.5. The van der Waals surface area contributed by atoms with Crippen LogP contribution in [0.5, 0.6) is 23.0 Å². The number of nitrogens with zero attached hydrogens (tertiary/aromatic N) is 4. The zero-order valence-corrected chi connectivity index (χ0v) is 42.7. The largest absolute Gasteiger partial charge is 0.461 e. The first-order chi connectivity index (χ1) is 34.0. The average Bonchev–Trinajstić information content (AvgIpc) is 4.17. The van der Waals surface area contributed by atoms with Crippen molar-refractivity contribution < 1.29 is 51.8 Å². The number of ether oxygens (including phenoxy) is 7. The number of unbranched alkanes of at least 4 members (excludes halogenated alkanes) is 2. The predicted molar refractivity (Wildman–Crippen MR) is 263 cm³/mol. The first-order valence-electron chi connectivity index (χ1n) is 24.8. The lowest BCUT2D eigenvalue weighted by molar-refractivity contribution is -0.384. The first-order valence-corrected chi connectivity index (χ1v) is 27.1. The molecule has 17 heteroatoms.